The van der Waals surface area contributed by atoms with Crippen molar-refractivity contribution in [1.29, 1.82) is 0 Å². The first-order valence-corrected chi connectivity index (χ1v) is 4.39. The molecule has 1 heterocycles. The molecule has 70 valence electrons. The molecule has 0 atom stereocenters. The van der Waals surface area contributed by atoms with Gasteiger partial charge in [-0.1, -0.05) is 6.07 Å². The molecule has 0 aliphatic carbocycles. The molecule has 0 unspecified atom stereocenters. The molecule has 1 aliphatic heterocycles. The van der Waals surface area contributed by atoms with Gasteiger partial charge in [-0.15, -0.1) is 0 Å². The minimum atomic E-state index is 0.229. The number of methoxy groups -OCH3 is 1. The first kappa shape index (κ1) is 8.38. The second kappa shape index (κ2) is 3.26. The van der Waals surface area contributed by atoms with Gasteiger partial charge in [0, 0.05) is 19.0 Å². The van der Waals surface area contributed by atoms with Crippen LogP contribution in [0.5, 0.6) is 11.5 Å². The molecule has 2 rings (SSSR count). The van der Waals surface area contributed by atoms with Crippen molar-refractivity contribution in [2.24, 2.45) is 0 Å². The van der Waals surface area contributed by atoms with Gasteiger partial charge in [-0.3, -0.25) is 0 Å². The summed E-state index contributed by atoms with van der Waals surface area (Å²) in [4.78, 5) is 0. The molecule has 3 nitrogen and oxygen atoms in total. The quantitative estimate of drug-likeness (QED) is 0.714. The number of aromatic hydroxyl groups is 1. The Kier molecular flexibility index (Phi) is 2.10. The van der Waals surface area contributed by atoms with Crippen LogP contribution in [-0.2, 0) is 0 Å². The molecule has 1 aromatic carbocycles. The molecule has 2 N–H and O–H groups in total. The van der Waals surface area contributed by atoms with Gasteiger partial charge in [-0.25, -0.2) is 0 Å². The molecule has 1 aliphatic rings. The van der Waals surface area contributed by atoms with Gasteiger partial charge in [-0.2, -0.15) is 0 Å². The Bertz CT molecular complexity index is 308. The Morgan fingerprint density at radius 1 is 1.46 bits per heavy atom. The molecular weight excluding hydrogens is 166 g/mol. The lowest BCUT2D eigenvalue weighted by Crippen LogP contribution is -2.39. The molecule has 0 spiro atoms. The van der Waals surface area contributed by atoms with Crippen LogP contribution in [0.15, 0.2) is 18.2 Å². The molecule has 0 bridgehead atoms. The summed E-state index contributed by atoms with van der Waals surface area (Å²) < 4.78 is 4.97. The summed E-state index contributed by atoms with van der Waals surface area (Å²) in [5, 5.41) is 12.7. The van der Waals surface area contributed by atoms with Crippen molar-refractivity contribution in [3.8, 4) is 11.5 Å². The van der Waals surface area contributed by atoms with Crippen LogP contribution in [0.25, 0.3) is 0 Å². The van der Waals surface area contributed by atoms with Crippen molar-refractivity contribution >= 4 is 0 Å². The number of hydrogen-bond acceptors (Lipinski definition) is 3. The van der Waals surface area contributed by atoms with E-state index < -0.39 is 0 Å². The van der Waals surface area contributed by atoms with Gasteiger partial charge in [-0.05, 0) is 17.7 Å². The van der Waals surface area contributed by atoms with Crippen LogP contribution < -0.4 is 10.1 Å². The van der Waals surface area contributed by atoms with Crippen LogP contribution in [0.3, 0.4) is 0 Å². The van der Waals surface area contributed by atoms with Crippen molar-refractivity contribution < 1.29 is 9.84 Å². The highest BCUT2D eigenvalue weighted by molar-refractivity contribution is 5.43. The normalized spacial score (nSPS) is 16.7. The van der Waals surface area contributed by atoms with E-state index in [9.17, 15) is 5.11 Å². The maximum atomic E-state index is 9.51. The highest BCUT2D eigenvalue weighted by Gasteiger charge is 2.19. The van der Waals surface area contributed by atoms with Crippen LogP contribution in [0, 0.1) is 0 Å². The Morgan fingerprint density at radius 2 is 2.23 bits per heavy atom. The Hall–Kier alpha value is -1.22. The minimum Gasteiger partial charge on any atom is -0.504 e. The van der Waals surface area contributed by atoms with Crippen LogP contribution in [0.2, 0.25) is 0 Å². The van der Waals surface area contributed by atoms with Gasteiger partial charge in [0.05, 0.1) is 7.11 Å². The zero-order valence-corrected chi connectivity index (χ0v) is 7.58. The first-order valence-electron chi connectivity index (χ1n) is 4.39. The maximum absolute atomic E-state index is 9.51. The number of hydrogen-bond donors (Lipinski definition) is 2. The largest absolute Gasteiger partial charge is 0.504 e. The van der Waals surface area contributed by atoms with Crippen molar-refractivity contribution in [1.82, 2.24) is 5.32 Å². The van der Waals surface area contributed by atoms with Gasteiger partial charge in [0.25, 0.3) is 0 Å². The first-order chi connectivity index (χ1) is 6.31. The van der Waals surface area contributed by atoms with Gasteiger partial charge in [0.1, 0.15) is 0 Å². The van der Waals surface area contributed by atoms with E-state index in [4.69, 9.17) is 4.74 Å². The van der Waals surface area contributed by atoms with Gasteiger partial charge >= 0.3 is 0 Å². The van der Waals surface area contributed by atoms with E-state index in [1.54, 1.807) is 13.2 Å². The number of phenolic OH excluding ortho intramolecular Hbond substituents is 1. The molecule has 0 saturated carbocycles. The van der Waals surface area contributed by atoms with Crippen molar-refractivity contribution in [2.75, 3.05) is 20.2 Å². The summed E-state index contributed by atoms with van der Waals surface area (Å²) in [6.45, 7) is 2.01. The minimum absolute atomic E-state index is 0.229. The zero-order chi connectivity index (χ0) is 9.26. The van der Waals surface area contributed by atoms with Gasteiger partial charge in [0.15, 0.2) is 11.5 Å². The lowest BCUT2D eigenvalue weighted by molar-refractivity contribution is 0.371. The molecule has 1 fully saturated rings. The van der Waals surface area contributed by atoms with E-state index in [0.29, 0.717) is 11.7 Å². The molecule has 13 heavy (non-hydrogen) atoms. The van der Waals surface area contributed by atoms with E-state index >= 15 is 0 Å². The Labute approximate surface area is 77.3 Å². The summed E-state index contributed by atoms with van der Waals surface area (Å²) in [5.74, 6) is 1.32. The number of nitrogens with one attached hydrogen (secondary N) is 1. The van der Waals surface area contributed by atoms with Gasteiger partial charge in [0.2, 0.25) is 0 Å². The average Bonchev–Trinajstić information content (AvgIpc) is 2.01. The molecule has 0 amide bonds. The van der Waals surface area contributed by atoms with E-state index in [2.05, 4.69) is 5.32 Å². The van der Waals surface area contributed by atoms with Gasteiger partial charge < -0.3 is 15.2 Å². The van der Waals surface area contributed by atoms with Crippen LogP contribution in [-0.4, -0.2) is 25.3 Å². The van der Waals surface area contributed by atoms with Crippen molar-refractivity contribution in [2.45, 2.75) is 5.92 Å². The average molecular weight is 179 g/mol. The third-order valence-electron chi connectivity index (χ3n) is 2.46. The second-order valence-electron chi connectivity index (χ2n) is 3.29. The number of phenols is 1. The standard InChI is InChI=1S/C10H13NO2/c1-13-10-3-2-7(4-9(10)12)8-5-11-6-8/h2-4,8,11-12H,5-6H2,1H3. The third kappa shape index (κ3) is 1.47. The topological polar surface area (TPSA) is 41.5 Å². The highest BCUT2D eigenvalue weighted by atomic mass is 16.5. The number of rotatable bonds is 2. The highest BCUT2D eigenvalue weighted by Crippen LogP contribution is 2.30. The third-order valence-corrected chi connectivity index (χ3v) is 2.46. The predicted molar refractivity (Wildman–Crippen MR) is 50.3 cm³/mol. The fourth-order valence-corrected chi connectivity index (χ4v) is 1.49. The molecule has 0 radical (unpaired) electrons. The molecular formula is C10H13NO2. The zero-order valence-electron chi connectivity index (χ0n) is 7.58. The van der Waals surface area contributed by atoms with Crippen LogP contribution in [0.1, 0.15) is 11.5 Å². The summed E-state index contributed by atoms with van der Waals surface area (Å²) >= 11 is 0. The number of benzene rings is 1. The summed E-state index contributed by atoms with van der Waals surface area (Å²) in [5.41, 5.74) is 1.18. The summed E-state index contributed by atoms with van der Waals surface area (Å²) in [7, 11) is 1.56. The summed E-state index contributed by atoms with van der Waals surface area (Å²) in [6.07, 6.45) is 0. The second-order valence-corrected chi connectivity index (χ2v) is 3.29. The van der Waals surface area contributed by atoms with Crippen molar-refractivity contribution in [3.05, 3.63) is 23.8 Å². The van der Waals surface area contributed by atoms with E-state index in [1.807, 2.05) is 12.1 Å². The monoisotopic (exact) mass is 179 g/mol. The fraction of sp³-hybridized carbons (Fsp3) is 0.400. The molecule has 0 aromatic heterocycles. The fourth-order valence-electron chi connectivity index (χ4n) is 1.49. The lowest BCUT2D eigenvalue weighted by Gasteiger charge is -2.27. The lowest BCUT2D eigenvalue weighted by atomic mass is 9.93. The molecule has 1 aromatic rings. The van der Waals surface area contributed by atoms with E-state index in [1.165, 1.54) is 5.56 Å². The smallest absolute Gasteiger partial charge is 0.160 e. The Morgan fingerprint density at radius 3 is 2.69 bits per heavy atom. The van der Waals surface area contributed by atoms with E-state index in [-0.39, 0.29) is 5.75 Å². The van der Waals surface area contributed by atoms with Crippen LogP contribution >= 0.6 is 0 Å². The van der Waals surface area contributed by atoms with Crippen LogP contribution in [0.4, 0.5) is 0 Å². The Balaban J connectivity index is 2.24. The maximum Gasteiger partial charge on any atom is 0.160 e. The number of ether oxygens (including phenoxy) is 1. The van der Waals surface area contributed by atoms with E-state index in [0.717, 1.165) is 13.1 Å². The van der Waals surface area contributed by atoms with Crippen molar-refractivity contribution in [3.63, 3.8) is 0 Å². The summed E-state index contributed by atoms with van der Waals surface area (Å²) in [6, 6.07) is 5.59. The molecule has 3 heteroatoms. The molecule has 1 saturated heterocycles. The predicted octanol–water partition coefficient (Wildman–Crippen LogP) is 1.09. The SMILES string of the molecule is COc1ccc(C2CNC2)cc1O.